The van der Waals surface area contributed by atoms with Gasteiger partial charge in [-0.05, 0) is 42.1 Å². The fraction of sp³-hybridized carbons (Fsp3) is 0.263. The van der Waals surface area contributed by atoms with Crippen LogP contribution in [0, 0.1) is 6.92 Å². The van der Waals surface area contributed by atoms with Crippen LogP contribution in [0.3, 0.4) is 0 Å². The van der Waals surface area contributed by atoms with E-state index >= 15 is 0 Å². The number of hydrogen-bond acceptors (Lipinski definition) is 4. The minimum absolute atomic E-state index is 0.0580. The number of H-pyrrole nitrogens is 1. The van der Waals surface area contributed by atoms with Crippen LogP contribution in [0.15, 0.2) is 47.4 Å². The van der Waals surface area contributed by atoms with Crippen LogP contribution < -0.4 is 15.8 Å². The van der Waals surface area contributed by atoms with Crippen molar-refractivity contribution in [3.63, 3.8) is 0 Å². The summed E-state index contributed by atoms with van der Waals surface area (Å²) in [6, 6.07) is 11.9. The first kappa shape index (κ1) is 14.9. The maximum absolute atomic E-state index is 12.3. The number of pyridine rings is 2. The number of nitrogens with zero attached hydrogens (tertiary/aromatic N) is 2. The minimum Gasteiger partial charge on any atom is -0.354 e. The Kier molecular flexibility index (Phi) is 3.78. The van der Waals surface area contributed by atoms with Crippen molar-refractivity contribution in [2.24, 2.45) is 0 Å². The molecule has 1 aliphatic rings. The second kappa shape index (κ2) is 6.09. The molecule has 1 fully saturated rings. The summed E-state index contributed by atoms with van der Waals surface area (Å²) in [6.45, 7) is 5.94. The molecule has 0 atom stereocenters. The van der Waals surface area contributed by atoms with E-state index in [0.29, 0.717) is 0 Å². The number of benzene rings is 1. The summed E-state index contributed by atoms with van der Waals surface area (Å²) >= 11 is 0. The van der Waals surface area contributed by atoms with E-state index in [0.717, 1.165) is 59.6 Å². The summed E-state index contributed by atoms with van der Waals surface area (Å²) in [5.41, 5.74) is 2.78. The molecule has 1 aliphatic heterocycles. The van der Waals surface area contributed by atoms with Crippen LogP contribution in [0.25, 0.3) is 22.0 Å². The van der Waals surface area contributed by atoms with Gasteiger partial charge in [0.25, 0.3) is 5.56 Å². The molecule has 3 aromatic rings. The van der Waals surface area contributed by atoms with Gasteiger partial charge in [-0.2, -0.15) is 0 Å². The van der Waals surface area contributed by atoms with Crippen molar-refractivity contribution in [2.75, 3.05) is 31.1 Å². The lowest BCUT2D eigenvalue weighted by molar-refractivity contribution is 0.585. The van der Waals surface area contributed by atoms with E-state index < -0.39 is 0 Å². The van der Waals surface area contributed by atoms with Gasteiger partial charge in [0.2, 0.25) is 0 Å². The molecule has 2 N–H and O–H groups in total. The molecule has 0 amide bonds. The predicted octanol–water partition coefficient (Wildman–Crippen LogP) is 2.31. The molecule has 24 heavy (non-hydrogen) atoms. The van der Waals surface area contributed by atoms with Crippen LogP contribution >= 0.6 is 0 Å². The highest BCUT2D eigenvalue weighted by Crippen LogP contribution is 2.23. The Morgan fingerprint density at radius 2 is 1.92 bits per heavy atom. The third-order valence-electron chi connectivity index (χ3n) is 4.61. The third kappa shape index (κ3) is 2.67. The van der Waals surface area contributed by atoms with E-state index in [1.165, 1.54) is 0 Å². The maximum Gasteiger partial charge on any atom is 0.256 e. The highest BCUT2D eigenvalue weighted by Gasteiger charge is 2.12. The number of aromatic amines is 1. The number of nitrogens with one attached hydrogen (secondary N) is 2. The van der Waals surface area contributed by atoms with E-state index in [9.17, 15) is 4.79 Å². The van der Waals surface area contributed by atoms with Gasteiger partial charge in [-0.3, -0.25) is 4.79 Å². The summed E-state index contributed by atoms with van der Waals surface area (Å²) < 4.78 is 0. The molecule has 1 aromatic carbocycles. The molecule has 0 unspecified atom stereocenters. The van der Waals surface area contributed by atoms with Crippen molar-refractivity contribution in [3.05, 3.63) is 58.5 Å². The zero-order chi connectivity index (χ0) is 16.5. The van der Waals surface area contributed by atoms with Gasteiger partial charge in [0.1, 0.15) is 5.82 Å². The minimum atomic E-state index is -0.0580. The first-order valence-corrected chi connectivity index (χ1v) is 8.27. The van der Waals surface area contributed by atoms with Crippen molar-refractivity contribution in [3.8, 4) is 11.3 Å². The molecule has 0 bridgehead atoms. The van der Waals surface area contributed by atoms with Gasteiger partial charge in [-0.1, -0.05) is 12.1 Å². The molecule has 2 aromatic heterocycles. The van der Waals surface area contributed by atoms with Gasteiger partial charge in [0.15, 0.2) is 0 Å². The van der Waals surface area contributed by atoms with Gasteiger partial charge in [0.05, 0.1) is 5.69 Å². The molecule has 4 rings (SSSR count). The molecule has 5 heteroatoms. The number of anilines is 1. The summed E-state index contributed by atoms with van der Waals surface area (Å²) in [5.74, 6) is 0.986. The number of piperazine rings is 1. The molecule has 3 heterocycles. The van der Waals surface area contributed by atoms with Gasteiger partial charge in [-0.15, -0.1) is 0 Å². The lowest BCUT2D eigenvalue weighted by atomic mass is 10.0. The van der Waals surface area contributed by atoms with Crippen molar-refractivity contribution in [2.45, 2.75) is 6.92 Å². The van der Waals surface area contributed by atoms with Crippen molar-refractivity contribution in [1.82, 2.24) is 15.3 Å². The Morgan fingerprint density at radius 3 is 2.67 bits per heavy atom. The summed E-state index contributed by atoms with van der Waals surface area (Å²) in [7, 11) is 0. The van der Waals surface area contributed by atoms with Crippen LogP contribution in [0.2, 0.25) is 0 Å². The zero-order valence-corrected chi connectivity index (χ0v) is 13.7. The molecule has 5 nitrogen and oxygen atoms in total. The van der Waals surface area contributed by atoms with E-state index in [1.54, 1.807) is 0 Å². The first-order chi connectivity index (χ1) is 11.7. The van der Waals surface area contributed by atoms with Crippen LogP contribution in [0.1, 0.15) is 5.56 Å². The smallest absolute Gasteiger partial charge is 0.256 e. The van der Waals surface area contributed by atoms with Gasteiger partial charge in [0, 0.05) is 43.3 Å². The summed E-state index contributed by atoms with van der Waals surface area (Å²) in [5, 5.41) is 5.06. The number of aromatic nitrogens is 2. The van der Waals surface area contributed by atoms with Crippen molar-refractivity contribution in [1.29, 1.82) is 0 Å². The fourth-order valence-electron chi connectivity index (χ4n) is 3.22. The molecule has 0 radical (unpaired) electrons. The molecular formula is C19H20N4O. The van der Waals surface area contributed by atoms with E-state index in [-0.39, 0.29) is 5.56 Å². The van der Waals surface area contributed by atoms with Crippen LogP contribution in [0.5, 0.6) is 0 Å². The molecule has 122 valence electrons. The average Bonchev–Trinajstić information content (AvgIpc) is 2.63. The highest BCUT2D eigenvalue weighted by atomic mass is 16.1. The normalized spacial score (nSPS) is 15.0. The van der Waals surface area contributed by atoms with Crippen LogP contribution in [-0.4, -0.2) is 36.1 Å². The largest absolute Gasteiger partial charge is 0.354 e. The van der Waals surface area contributed by atoms with Crippen LogP contribution in [-0.2, 0) is 0 Å². The highest BCUT2D eigenvalue weighted by molar-refractivity contribution is 5.87. The molecule has 0 saturated carbocycles. The lowest BCUT2D eigenvalue weighted by Crippen LogP contribution is -2.43. The van der Waals surface area contributed by atoms with Crippen LogP contribution in [0.4, 0.5) is 5.82 Å². The monoisotopic (exact) mass is 320 g/mol. The number of fused-ring (bicyclic) bond motifs is 1. The molecule has 0 aliphatic carbocycles. The number of aryl methyl sites for hydroxylation is 1. The molecular weight excluding hydrogens is 300 g/mol. The molecule has 1 saturated heterocycles. The quantitative estimate of drug-likeness (QED) is 0.761. The summed E-state index contributed by atoms with van der Waals surface area (Å²) in [4.78, 5) is 22.2. The van der Waals surface area contributed by atoms with E-state index in [4.69, 9.17) is 0 Å². The second-order valence-electron chi connectivity index (χ2n) is 6.19. The average molecular weight is 320 g/mol. The van der Waals surface area contributed by atoms with Gasteiger partial charge in [-0.25, -0.2) is 4.98 Å². The Morgan fingerprint density at radius 1 is 1.08 bits per heavy atom. The maximum atomic E-state index is 12.3. The SMILES string of the molecule is Cc1cccc2c(=O)[nH]c(-c3ccc(N4CCNCC4)nc3)cc12. The summed E-state index contributed by atoms with van der Waals surface area (Å²) in [6.07, 6.45) is 1.84. The molecule has 0 spiro atoms. The fourth-order valence-corrected chi connectivity index (χ4v) is 3.22. The lowest BCUT2D eigenvalue weighted by Gasteiger charge is -2.28. The van der Waals surface area contributed by atoms with Gasteiger partial charge >= 0.3 is 0 Å². The Bertz CT molecular complexity index is 924. The second-order valence-corrected chi connectivity index (χ2v) is 6.19. The van der Waals surface area contributed by atoms with Crippen molar-refractivity contribution < 1.29 is 0 Å². The Hall–Kier alpha value is -2.66. The number of hydrogen-bond donors (Lipinski definition) is 2. The Labute approximate surface area is 140 Å². The van der Waals surface area contributed by atoms with Crippen molar-refractivity contribution >= 4 is 16.6 Å². The third-order valence-corrected chi connectivity index (χ3v) is 4.61. The standard InChI is InChI=1S/C19H20N4O/c1-13-3-2-4-15-16(13)11-17(22-19(15)24)14-5-6-18(21-12-14)23-9-7-20-8-10-23/h2-6,11-12,20H,7-10H2,1H3,(H,22,24). The predicted molar refractivity (Wildman–Crippen MR) is 97.6 cm³/mol. The first-order valence-electron chi connectivity index (χ1n) is 8.27. The Balaban J connectivity index is 1.72. The number of rotatable bonds is 2. The topological polar surface area (TPSA) is 61.0 Å². The zero-order valence-electron chi connectivity index (χ0n) is 13.7. The van der Waals surface area contributed by atoms with E-state index in [1.807, 2.05) is 49.5 Å². The van der Waals surface area contributed by atoms with E-state index in [2.05, 4.69) is 20.2 Å². The van der Waals surface area contributed by atoms with Gasteiger partial charge < -0.3 is 15.2 Å².